The molecule has 122 valence electrons. The number of ether oxygens (including phenoxy) is 2. The molecule has 1 aliphatic rings. The number of halogens is 2. The topological polar surface area (TPSA) is 102 Å². The maximum atomic E-state index is 11.8. The van der Waals surface area contributed by atoms with Crippen molar-refractivity contribution in [3.8, 4) is 0 Å². The molecule has 0 aromatic heterocycles. The summed E-state index contributed by atoms with van der Waals surface area (Å²) < 4.78 is 9.84. The van der Waals surface area contributed by atoms with Crippen molar-refractivity contribution < 1.29 is 29.0 Å². The molecule has 0 aliphatic carbocycles. The minimum absolute atomic E-state index is 0.00428. The first kappa shape index (κ1) is 17.1. The van der Waals surface area contributed by atoms with E-state index in [9.17, 15) is 14.4 Å². The zero-order chi connectivity index (χ0) is 17.4. The molecule has 0 spiro atoms. The normalized spacial score (nSPS) is 16.4. The van der Waals surface area contributed by atoms with Gasteiger partial charge in [-0.15, -0.1) is 0 Å². The summed E-state index contributed by atoms with van der Waals surface area (Å²) >= 11 is 11.9. The SMILES string of the molecule is CC1(C)OC(=O)C(=CNc2c(Cl)cc(C(=O)O)cc2Cl)C(=O)O1. The second-order valence-corrected chi connectivity index (χ2v) is 5.82. The fraction of sp³-hybridized carbons (Fsp3) is 0.214. The van der Waals surface area contributed by atoms with E-state index in [1.54, 1.807) is 0 Å². The van der Waals surface area contributed by atoms with Gasteiger partial charge in [0.25, 0.3) is 5.79 Å². The molecular weight excluding hydrogens is 349 g/mol. The number of rotatable bonds is 3. The van der Waals surface area contributed by atoms with Gasteiger partial charge in [0.2, 0.25) is 0 Å². The molecule has 0 radical (unpaired) electrons. The van der Waals surface area contributed by atoms with Crippen molar-refractivity contribution in [2.24, 2.45) is 0 Å². The lowest BCUT2D eigenvalue weighted by Crippen LogP contribution is -2.42. The first-order valence-corrected chi connectivity index (χ1v) is 7.02. The van der Waals surface area contributed by atoms with Crippen LogP contribution in [0.2, 0.25) is 10.0 Å². The van der Waals surface area contributed by atoms with Gasteiger partial charge < -0.3 is 19.9 Å². The number of carboxylic acid groups (broad SMARTS) is 1. The highest BCUT2D eigenvalue weighted by Crippen LogP contribution is 2.32. The molecule has 0 unspecified atom stereocenters. The van der Waals surface area contributed by atoms with E-state index in [4.69, 9.17) is 37.8 Å². The number of cyclic esters (lactones) is 2. The minimum atomic E-state index is -1.34. The highest BCUT2D eigenvalue weighted by molar-refractivity contribution is 6.39. The fourth-order valence-corrected chi connectivity index (χ4v) is 2.35. The molecule has 0 saturated carbocycles. The number of hydrogen-bond acceptors (Lipinski definition) is 6. The predicted molar refractivity (Wildman–Crippen MR) is 81.4 cm³/mol. The van der Waals surface area contributed by atoms with Gasteiger partial charge in [0, 0.05) is 20.0 Å². The van der Waals surface area contributed by atoms with Gasteiger partial charge >= 0.3 is 17.9 Å². The second-order valence-electron chi connectivity index (χ2n) is 5.00. The number of hydrogen-bond donors (Lipinski definition) is 2. The monoisotopic (exact) mass is 359 g/mol. The molecule has 1 aromatic rings. The molecular formula is C14H11Cl2NO6. The third kappa shape index (κ3) is 3.75. The van der Waals surface area contributed by atoms with Crippen LogP contribution >= 0.6 is 23.2 Å². The van der Waals surface area contributed by atoms with Crippen molar-refractivity contribution >= 4 is 46.8 Å². The number of nitrogens with one attached hydrogen (secondary N) is 1. The summed E-state index contributed by atoms with van der Waals surface area (Å²) in [5.41, 5.74) is -0.341. The molecule has 2 rings (SSSR count). The Hall–Kier alpha value is -2.25. The van der Waals surface area contributed by atoms with Crippen LogP contribution in [0.1, 0.15) is 24.2 Å². The Balaban J connectivity index is 2.28. The summed E-state index contributed by atoms with van der Waals surface area (Å²) in [7, 11) is 0. The van der Waals surface area contributed by atoms with Crippen molar-refractivity contribution in [2.75, 3.05) is 5.32 Å². The molecule has 0 amide bonds. The van der Waals surface area contributed by atoms with E-state index in [1.165, 1.54) is 26.0 Å². The second kappa shape index (κ2) is 6.10. The van der Waals surface area contributed by atoms with Crippen molar-refractivity contribution in [3.05, 3.63) is 39.5 Å². The highest BCUT2D eigenvalue weighted by atomic mass is 35.5. The van der Waals surface area contributed by atoms with Crippen LogP contribution in [0, 0.1) is 0 Å². The Morgan fingerprint density at radius 1 is 1.17 bits per heavy atom. The zero-order valence-corrected chi connectivity index (χ0v) is 13.5. The van der Waals surface area contributed by atoms with Gasteiger partial charge in [-0.05, 0) is 12.1 Å². The number of esters is 2. The quantitative estimate of drug-likeness (QED) is 0.485. The largest absolute Gasteiger partial charge is 0.478 e. The van der Waals surface area contributed by atoms with E-state index in [-0.39, 0.29) is 26.9 Å². The summed E-state index contributed by atoms with van der Waals surface area (Å²) in [4.78, 5) is 34.5. The number of carboxylic acids is 1. The summed E-state index contributed by atoms with van der Waals surface area (Å²) in [5.74, 6) is -4.27. The number of benzene rings is 1. The van der Waals surface area contributed by atoms with Crippen LogP contribution in [0.25, 0.3) is 0 Å². The Kier molecular flexibility index (Phi) is 4.53. The van der Waals surface area contributed by atoms with Gasteiger partial charge in [-0.3, -0.25) is 0 Å². The lowest BCUT2D eigenvalue weighted by molar-refractivity contribution is -0.222. The molecule has 2 N–H and O–H groups in total. The first-order chi connectivity index (χ1) is 10.6. The van der Waals surface area contributed by atoms with Gasteiger partial charge in [0.05, 0.1) is 21.3 Å². The van der Waals surface area contributed by atoms with Gasteiger partial charge in [-0.25, -0.2) is 14.4 Å². The Morgan fingerprint density at radius 3 is 2.09 bits per heavy atom. The molecule has 1 aliphatic heterocycles. The van der Waals surface area contributed by atoms with Crippen LogP contribution in [-0.2, 0) is 19.1 Å². The van der Waals surface area contributed by atoms with Gasteiger partial charge in [-0.2, -0.15) is 0 Å². The van der Waals surface area contributed by atoms with Gasteiger partial charge in [-0.1, -0.05) is 23.2 Å². The van der Waals surface area contributed by atoms with E-state index < -0.39 is 23.7 Å². The molecule has 0 bridgehead atoms. The van der Waals surface area contributed by atoms with Crippen LogP contribution in [0.4, 0.5) is 5.69 Å². The van der Waals surface area contributed by atoms with Gasteiger partial charge in [0.15, 0.2) is 5.57 Å². The number of anilines is 1. The highest BCUT2D eigenvalue weighted by Gasteiger charge is 2.39. The summed E-state index contributed by atoms with van der Waals surface area (Å²) in [6, 6.07) is 2.36. The van der Waals surface area contributed by atoms with Crippen molar-refractivity contribution in [2.45, 2.75) is 19.6 Å². The smallest absolute Gasteiger partial charge is 0.350 e. The summed E-state index contributed by atoms with van der Waals surface area (Å²) in [5, 5.41) is 11.5. The standard InChI is InChI=1S/C14H11Cl2NO6/c1-14(2)22-12(20)7(13(21)23-14)5-17-10-8(15)3-6(11(18)19)4-9(10)16/h3-5,17H,1-2H3,(H,18,19). The van der Waals surface area contributed by atoms with Crippen LogP contribution in [-0.4, -0.2) is 28.8 Å². The van der Waals surface area contributed by atoms with Crippen molar-refractivity contribution in [1.29, 1.82) is 0 Å². The van der Waals surface area contributed by atoms with Crippen LogP contribution in [0.5, 0.6) is 0 Å². The maximum absolute atomic E-state index is 11.8. The predicted octanol–water partition coefficient (Wildman–Crippen LogP) is 2.82. The Labute approximate surface area is 140 Å². The van der Waals surface area contributed by atoms with E-state index in [0.717, 1.165) is 6.20 Å². The maximum Gasteiger partial charge on any atom is 0.350 e. The molecule has 0 atom stereocenters. The van der Waals surface area contributed by atoms with E-state index in [2.05, 4.69) is 5.32 Å². The molecule has 23 heavy (non-hydrogen) atoms. The number of carbonyl (C=O) groups is 3. The van der Waals surface area contributed by atoms with Crippen LogP contribution in [0.15, 0.2) is 23.9 Å². The summed E-state index contributed by atoms with van der Waals surface area (Å²) in [6.07, 6.45) is 1.04. The molecule has 1 heterocycles. The van der Waals surface area contributed by atoms with E-state index in [1.807, 2.05) is 0 Å². The minimum Gasteiger partial charge on any atom is -0.478 e. The molecule has 1 aromatic carbocycles. The van der Waals surface area contributed by atoms with E-state index in [0.29, 0.717) is 0 Å². The number of carbonyl (C=O) groups excluding carboxylic acids is 2. The number of aromatic carboxylic acids is 1. The van der Waals surface area contributed by atoms with Crippen molar-refractivity contribution in [1.82, 2.24) is 0 Å². The molecule has 9 heteroatoms. The third-order valence-corrected chi connectivity index (χ3v) is 3.36. The molecule has 1 saturated heterocycles. The van der Waals surface area contributed by atoms with Crippen LogP contribution in [0.3, 0.4) is 0 Å². The fourth-order valence-electron chi connectivity index (χ4n) is 1.76. The summed E-state index contributed by atoms with van der Waals surface area (Å²) in [6.45, 7) is 2.84. The average molecular weight is 360 g/mol. The zero-order valence-electron chi connectivity index (χ0n) is 12.0. The Bertz CT molecular complexity index is 696. The molecule has 7 nitrogen and oxygen atoms in total. The third-order valence-electron chi connectivity index (χ3n) is 2.77. The first-order valence-electron chi connectivity index (χ1n) is 6.26. The van der Waals surface area contributed by atoms with Gasteiger partial charge in [0.1, 0.15) is 0 Å². The Morgan fingerprint density at radius 2 is 1.65 bits per heavy atom. The lowest BCUT2D eigenvalue weighted by atomic mass is 10.2. The van der Waals surface area contributed by atoms with Crippen molar-refractivity contribution in [3.63, 3.8) is 0 Å². The lowest BCUT2D eigenvalue weighted by Gasteiger charge is -2.29. The average Bonchev–Trinajstić information content (AvgIpc) is 2.38. The van der Waals surface area contributed by atoms with Crippen LogP contribution < -0.4 is 5.32 Å². The molecule has 1 fully saturated rings. The van der Waals surface area contributed by atoms with E-state index >= 15 is 0 Å².